The van der Waals surface area contributed by atoms with E-state index in [1.807, 2.05) is 20.8 Å². The van der Waals surface area contributed by atoms with E-state index in [9.17, 15) is 9.18 Å². The molecule has 6 nitrogen and oxygen atoms in total. The molecule has 0 aliphatic heterocycles. The molecule has 1 unspecified atom stereocenters. The number of aromatic nitrogens is 1. The number of hydrogen-bond acceptors (Lipinski definition) is 4. The second-order valence-corrected chi connectivity index (χ2v) is 5.49. The van der Waals surface area contributed by atoms with Gasteiger partial charge in [-0.1, -0.05) is 17.3 Å². The second-order valence-electron chi connectivity index (χ2n) is 5.49. The number of aryl methyl sites for hydroxylation is 2. The zero-order valence-electron chi connectivity index (χ0n) is 14.1. The molecule has 0 aliphatic rings. The van der Waals surface area contributed by atoms with Gasteiger partial charge in [-0.2, -0.15) is 0 Å². The molecular weight excluding hydrogens is 313 g/mol. The molecule has 2 N–H and O–H groups in total. The Kier molecular flexibility index (Phi) is 6.17. The van der Waals surface area contributed by atoms with Crippen LogP contribution in [0.4, 0.5) is 9.18 Å². The number of nitrogens with one attached hydrogen (secondary N) is 2. The Morgan fingerprint density at radius 1 is 1.38 bits per heavy atom. The topological polar surface area (TPSA) is 76.4 Å². The van der Waals surface area contributed by atoms with Gasteiger partial charge in [0.05, 0.1) is 18.3 Å². The number of hydrogen-bond donors (Lipinski definition) is 2. The standard InChI is InChI=1S/C17H22FN3O3/c1-11(16-12(2)21-24-13(16)3)20-17(22)19-9-6-10-23-15-8-5-4-7-14(15)18/h4-5,7-8,11H,6,9-10H2,1-3H3,(H2,19,20,22). The molecule has 130 valence electrons. The van der Waals surface area contributed by atoms with E-state index in [-0.39, 0.29) is 17.8 Å². The van der Waals surface area contributed by atoms with Gasteiger partial charge in [-0.15, -0.1) is 0 Å². The first-order chi connectivity index (χ1) is 11.5. The number of rotatable bonds is 7. The number of carbonyl (C=O) groups excluding carboxylic acids is 1. The van der Waals surface area contributed by atoms with Crippen molar-refractivity contribution in [2.24, 2.45) is 0 Å². The SMILES string of the molecule is Cc1noc(C)c1C(C)NC(=O)NCCCOc1ccccc1F. The van der Waals surface area contributed by atoms with Crippen LogP contribution in [0.15, 0.2) is 28.8 Å². The number of para-hydroxylation sites is 1. The summed E-state index contributed by atoms with van der Waals surface area (Å²) in [6, 6.07) is 5.74. The molecule has 7 heteroatoms. The van der Waals surface area contributed by atoms with Gasteiger partial charge in [0.15, 0.2) is 11.6 Å². The summed E-state index contributed by atoms with van der Waals surface area (Å²) >= 11 is 0. The second kappa shape index (κ2) is 8.33. The Hall–Kier alpha value is -2.57. The van der Waals surface area contributed by atoms with Gasteiger partial charge in [-0.3, -0.25) is 0 Å². The minimum absolute atomic E-state index is 0.203. The molecule has 0 saturated heterocycles. The largest absolute Gasteiger partial charge is 0.490 e. The van der Waals surface area contributed by atoms with Gasteiger partial charge in [0.1, 0.15) is 5.76 Å². The maximum absolute atomic E-state index is 13.4. The van der Waals surface area contributed by atoms with Crippen LogP contribution < -0.4 is 15.4 Å². The molecule has 1 aromatic carbocycles. The van der Waals surface area contributed by atoms with Crippen molar-refractivity contribution in [2.75, 3.05) is 13.2 Å². The first kappa shape index (κ1) is 17.8. The highest BCUT2D eigenvalue weighted by molar-refractivity contribution is 5.74. The van der Waals surface area contributed by atoms with Gasteiger partial charge in [0.2, 0.25) is 0 Å². The fraction of sp³-hybridized carbons (Fsp3) is 0.412. The number of ether oxygens (including phenoxy) is 1. The highest BCUT2D eigenvalue weighted by atomic mass is 19.1. The normalized spacial score (nSPS) is 11.8. The summed E-state index contributed by atoms with van der Waals surface area (Å²) in [5, 5.41) is 9.44. The lowest BCUT2D eigenvalue weighted by molar-refractivity contribution is 0.235. The first-order valence-corrected chi connectivity index (χ1v) is 7.83. The summed E-state index contributed by atoms with van der Waals surface area (Å²) in [5.41, 5.74) is 1.65. The highest BCUT2D eigenvalue weighted by Gasteiger charge is 2.17. The van der Waals surface area contributed by atoms with Crippen molar-refractivity contribution in [3.8, 4) is 5.75 Å². The van der Waals surface area contributed by atoms with Crippen molar-refractivity contribution in [3.05, 3.63) is 47.1 Å². The molecular formula is C17H22FN3O3. The number of nitrogens with zero attached hydrogens (tertiary/aromatic N) is 1. The monoisotopic (exact) mass is 335 g/mol. The van der Waals surface area contributed by atoms with E-state index in [1.54, 1.807) is 18.2 Å². The van der Waals surface area contributed by atoms with E-state index in [1.165, 1.54) is 6.07 Å². The van der Waals surface area contributed by atoms with Crippen LogP contribution in [0.1, 0.15) is 36.4 Å². The number of halogens is 1. The van der Waals surface area contributed by atoms with Crippen molar-refractivity contribution in [1.29, 1.82) is 0 Å². The van der Waals surface area contributed by atoms with Gasteiger partial charge in [0, 0.05) is 12.1 Å². The van der Waals surface area contributed by atoms with E-state index < -0.39 is 5.82 Å². The lowest BCUT2D eigenvalue weighted by Gasteiger charge is -2.14. The third-order valence-electron chi connectivity index (χ3n) is 3.57. The molecule has 2 rings (SSSR count). The predicted molar refractivity (Wildman–Crippen MR) is 87.4 cm³/mol. The Balaban J connectivity index is 1.67. The minimum Gasteiger partial charge on any atom is -0.490 e. The smallest absolute Gasteiger partial charge is 0.315 e. The number of urea groups is 1. The van der Waals surface area contributed by atoms with Gasteiger partial charge < -0.3 is 19.9 Å². The molecule has 0 fully saturated rings. The van der Waals surface area contributed by atoms with Crippen LogP contribution >= 0.6 is 0 Å². The third kappa shape index (κ3) is 4.71. The highest BCUT2D eigenvalue weighted by Crippen LogP contribution is 2.20. The summed E-state index contributed by atoms with van der Waals surface area (Å²) in [6.07, 6.45) is 0.571. The Bertz CT molecular complexity index is 668. The molecule has 2 aromatic rings. The van der Waals surface area contributed by atoms with E-state index in [4.69, 9.17) is 9.26 Å². The van der Waals surface area contributed by atoms with Crippen LogP contribution in [0.25, 0.3) is 0 Å². The summed E-state index contributed by atoms with van der Waals surface area (Å²) in [5.74, 6) is 0.518. The summed E-state index contributed by atoms with van der Waals surface area (Å²) in [6.45, 7) is 6.26. The van der Waals surface area contributed by atoms with Gasteiger partial charge >= 0.3 is 6.03 Å². The van der Waals surface area contributed by atoms with Crippen LogP contribution in [0, 0.1) is 19.7 Å². The van der Waals surface area contributed by atoms with Crippen molar-refractivity contribution >= 4 is 6.03 Å². The molecule has 0 saturated carbocycles. The van der Waals surface area contributed by atoms with E-state index >= 15 is 0 Å². The average molecular weight is 335 g/mol. The Labute approximate surface area is 140 Å². The number of carbonyl (C=O) groups is 1. The zero-order valence-corrected chi connectivity index (χ0v) is 14.1. The summed E-state index contributed by atoms with van der Waals surface area (Å²) in [4.78, 5) is 11.9. The lowest BCUT2D eigenvalue weighted by atomic mass is 10.1. The van der Waals surface area contributed by atoms with Crippen LogP contribution in [0.3, 0.4) is 0 Å². The first-order valence-electron chi connectivity index (χ1n) is 7.83. The van der Waals surface area contributed by atoms with Crippen LogP contribution in [-0.2, 0) is 0 Å². The molecule has 1 aromatic heterocycles. The molecule has 0 radical (unpaired) electrons. The number of benzene rings is 1. The average Bonchev–Trinajstić information content (AvgIpc) is 2.87. The zero-order chi connectivity index (χ0) is 17.5. The molecule has 0 bridgehead atoms. The van der Waals surface area contributed by atoms with Crippen molar-refractivity contribution in [2.45, 2.75) is 33.2 Å². The fourth-order valence-corrected chi connectivity index (χ4v) is 2.45. The van der Waals surface area contributed by atoms with Crippen LogP contribution in [0.2, 0.25) is 0 Å². The minimum atomic E-state index is -0.392. The Morgan fingerprint density at radius 2 is 2.12 bits per heavy atom. The summed E-state index contributed by atoms with van der Waals surface area (Å²) in [7, 11) is 0. The van der Waals surface area contributed by atoms with Gasteiger partial charge in [0.25, 0.3) is 0 Å². The van der Waals surface area contributed by atoms with Gasteiger partial charge in [-0.05, 0) is 39.3 Å². The summed E-state index contributed by atoms with van der Waals surface area (Å²) < 4.78 is 23.8. The van der Waals surface area contributed by atoms with E-state index in [0.29, 0.717) is 25.3 Å². The molecule has 2 amide bonds. The molecule has 24 heavy (non-hydrogen) atoms. The number of amides is 2. The fourth-order valence-electron chi connectivity index (χ4n) is 2.45. The molecule has 0 aliphatic carbocycles. The van der Waals surface area contributed by atoms with Crippen LogP contribution in [-0.4, -0.2) is 24.3 Å². The van der Waals surface area contributed by atoms with E-state index in [0.717, 1.165) is 11.3 Å². The van der Waals surface area contributed by atoms with E-state index in [2.05, 4.69) is 15.8 Å². The maximum Gasteiger partial charge on any atom is 0.315 e. The van der Waals surface area contributed by atoms with Crippen molar-refractivity contribution in [3.63, 3.8) is 0 Å². The van der Waals surface area contributed by atoms with Crippen molar-refractivity contribution < 1.29 is 18.4 Å². The predicted octanol–water partition coefficient (Wildman–Crippen LogP) is 3.26. The maximum atomic E-state index is 13.4. The van der Waals surface area contributed by atoms with Gasteiger partial charge in [-0.25, -0.2) is 9.18 Å². The lowest BCUT2D eigenvalue weighted by Crippen LogP contribution is -2.38. The molecule has 1 heterocycles. The molecule has 0 spiro atoms. The quantitative estimate of drug-likeness (QED) is 0.762. The van der Waals surface area contributed by atoms with Crippen molar-refractivity contribution in [1.82, 2.24) is 15.8 Å². The third-order valence-corrected chi connectivity index (χ3v) is 3.57. The Morgan fingerprint density at radius 3 is 2.79 bits per heavy atom. The van der Waals surface area contributed by atoms with Crippen LogP contribution in [0.5, 0.6) is 5.75 Å². The molecule has 1 atom stereocenters.